The maximum Gasteiger partial charge on any atom is 0.255 e. The molecule has 0 bridgehead atoms. The summed E-state index contributed by atoms with van der Waals surface area (Å²) in [5, 5.41) is 6.46. The summed E-state index contributed by atoms with van der Waals surface area (Å²) < 4.78 is 7.57. The van der Waals surface area contributed by atoms with Crippen LogP contribution in [0.2, 0.25) is 0 Å². The zero-order valence-electron chi connectivity index (χ0n) is 18.2. The minimum atomic E-state index is -0.363. The number of rotatable bonds is 4. The van der Waals surface area contributed by atoms with Crippen LogP contribution in [-0.4, -0.2) is 22.6 Å². The summed E-state index contributed by atoms with van der Waals surface area (Å²) in [7, 11) is 1.65. The number of methoxy groups -OCH3 is 1. The van der Waals surface area contributed by atoms with Gasteiger partial charge in [0.15, 0.2) is 0 Å². The Morgan fingerprint density at radius 2 is 1.81 bits per heavy atom. The largest absolute Gasteiger partial charge is 0.497 e. The summed E-state index contributed by atoms with van der Waals surface area (Å²) in [5.41, 5.74) is 5.99. The van der Waals surface area contributed by atoms with Crippen LogP contribution in [0.4, 0.5) is 11.6 Å². The van der Waals surface area contributed by atoms with E-state index >= 15 is 0 Å². The Balaban J connectivity index is 1.68. The molecule has 0 fully saturated rings. The highest BCUT2D eigenvalue weighted by Crippen LogP contribution is 2.40. The first-order valence-corrected chi connectivity index (χ1v) is 10.5. The maximum absolute atomic E-state index is 13.7. The van der Waals surface area contributed by atoms with E-state index in [0.717, 1.165) is 39.3 Å². The Kier molecular flexibility index (Phi) is 4.90. The molecule has 3 aromatic carbocycles. The zero-order valence-corrected chi connectivity index (χ0v) is 18.2. The Bertz CT molecular complexity index is 1370. The number of para-hydroxylation sites is 3. The number of fused-ring (bicyclic) bond motifs is 3. The summed E-state index contributed by atoms with van der Waals surface area (Å²) in [6.07, 6.45) is 0. The fourth-order valence-electron chi connectivity index (χ4n) is 4.29. The lowest BCUT2D eigenvalue weighted by Crippen LogP contribution is -2.31. The number of carbonyl (C=O) groups is 1. The van der Waals surface area contributed by atoms with Gasteiger partial charge in [-0.3, -0.25) is 9.36 Å². The number of aromatic nitrogens is 2. The normalized spacial score (nSPS) is 15.3. The Hall–Kier alpha value is -4.06. The highest BCUT2D eigenvalue weighted by molar-refractivity contribution is 6.06. The van der Waals surface area contributed by atoms with Gasteiger partial charge in [0.1, 0.15) is 5.75 Å². The number of imidazole rings is 1. The second kappa shape index (κ2) is 7.89. The molecule has 0 saturated carbocycles. The number of ether oxygens (including phenoxy) is 1. The Morgan fingerprint density at radius 3 is 2.62 bits per heavy atom. The fraction of sp³-hybridized carbons (Fsp3) is 0.154. The quantitative estimate of drug-likeness (QED) is 0.468. The molecule has 1 aliphatic rings. The third-order valence-electron chi connectivity index (χ3n) is 5.88. The lowest BCUT2D eigenvalue weighted by Gasteiger charge is -2.31. The fourth-order valence-corrected chi connectivity index (χ4v) is 4.29. The maximum atomic E-state index is 13.7. The minimum absolute atomic E-state index is 0.152. The van der Waals surface area contributed by atoms with E-state index in [4.69, 9.17) is 9.72 Å². The molecule has 2 heterocycles. The number of hydrogen-bond donors (Lipinski definition) is 2. The van der Waals surface area contributed by atoms with Crippen LogP contribution in [0.5, 0.6) is 5.75 Å². The molecule has 2 N–H and O–H groups in total. The Labute approximate surface area is 186 Å². The van der Waals surface area contributed by atoms with E-state index < -0.39 is 0 Å². The van der Waals surface area contributed by atoms with Crippen molar-refractivity contribution in [1.82, 2.24) is 9.55 Å². The molecule has 6 nitrogen and oxygen atoms in total. The van der Waals surface area contributed by atoms with Gasteiger partial charge in [0.2, 0.25) is 5.95 Å². The molecule has 6 heteroatoms. The first kappa shape index (κ1) is 19.9. The second-order valence-corrected chi connectivity index (χ2v) is 7.91. The van der Waals surface area contributed by atoms with Crippen molar-refractivity contribution in [2.24, 2.45) is 0 Å². The molecule has 1 aliphatic heterocycles. The summed E-state index contributed by atoms with van der Waals surface area (Å²) in [6.45, 7) is 3.90. The van der Waals surface area contributed by atoms with Gasteiger partial charge >= 0.3 is 0 Å². The van der Waals surface area contributed by atoms with Crippen molar-refractivity contribution >= 4 is 28.6 Å². The predicted octanol–water partition coefficient (Wildman–Crippen LogP) is 5.28. The monoisotopic (exact) mass is 424 g/mol. The topological polar surface area (TPSA) is 68.2 Å². The van der Waals surface area contributed by atoms with Crippen LogP contribution < -0.4 is 15.4 Å². The van der Waals surface area contributed by atoms with E-state index in [9.17, 15) is 4.79 Å². The van der Waals surface area contributed by atoms with Gasteiger partial charge < -0.3 is 15.4 Å². The minimum Gasteiger partial charge on any atom is -0.497 e. The van der Waals surface area contributed by atoms with Gasteiger partial charge in [-0.1, -0.05) is 42.5 Å². The molecule has 0 spiro atoms. The van der Waals surface area contributed by atoms with Crippen LogP contribution >= 0.6 is 0 Å². The number of amides is 1. The lowest BCUT2D eigenvalue weighted by atomic mass is 9.94. The molecule has 4 aromatic rings. The first-order valence-electron chi connectivity index (χ1n) is 10.5. The van der Waals surface area contributed by atoms with Gasteiger partial charge in [-0.25, -0.2) is 4.98 Å². The van der Waals surface area contributed by atoms with E-state index in [1.807, 2.05) is 86.6 Å². The number of anilines is 2. The lowest BCUT2D eigenvalue weighted by molar-refractivity contribution is -0.113. The SMILES string of the molecule is COc1cccc(C2C(C(=O)Nc3ccccc3C)=C(C)Nc3nc4ccccc4n32)c1. The first-order chi connectivity index (χ1) is 15.6. The molecule has 1 atom stereocenters. The smallest absolute Gasteiger partial charge is 0.255 e. The zero-order chi connectivity index (χ0) is 22.2. The summed E-state index contributed by atoms with van der Waals surface area (Å²) in [4.78, 5) is 18.4. The highest BCUT2D eigenvalue weighted by atomic mass is 16.5. The molecule has 0 aliphatic carbocycles. The van der Waals surface area contributed by atoms with Gasteiger partial charge in [0.25, 0.3) is 5.91 Å². The van der Waals surface area contributed by atoms with E-state index in [1.165, 1.54) is 0 Å². The van der Waals surface area contributed by atoms with Crippen molar-refractivity contribution in [2.45, 2.75) is 19.9 Å². The third-order valence-corrected chi connectivity index (χ3v) is 5.88. The number of allylic oxidation sites excluding steroid dienone is 1. The molecule has 1 amide bonds. The van der Waals surface area contributed by atoms with Gasteiger partial charge in [-0.05, 0) is 55.3 Å². The van der Waals surface area contributed by atoms with Crippen molar-refractivity contribution in [3.8, 4) is 5.75 Å². The Morgan fingerprint density at radius 1 is 1.03 bits per heavy atom. The molecule has 0 saturated heterocycles. The average Bonchev–Trinajstić information content (AvgIpc) is 3.17. The van der Waals surface area contributed by atoms with Crippen molar-refractivity contribution in [2.75, 3.05) is 17.7 Å². The van der Waals surface area contributed by atoms with Gasteiger partial charge in [-0.2, -0.15) is 0 Å². The summed E-state index contributed by atoms with van der Waals surface area (Å²) in [6, 6.07) is 23.2. The molecular formula is C26H24N4O2. The molecule has 160 valence electrons. The molecular weight excluding hydrogens is 400 g/mol. The molecule has 1 aromatic heterocycles. The van der Waals surface area contributed by atoms with Crippen molar-refractivity contribution in [1.29, 1.82) is 0 Å². The number of aryl methyl sites for hydroxylation is 1. The number of nitrogens with zero attached hydrogens (tertiary/aromatic N) is 2. The van der Waals surface area contributed by atoms with Crippen molar-refractivity contribution in [3.63, 3.8) is 0 Å². The molecule has 32 heavy (non-hydrogen) atoms. The predicted molar refractivity (Wildman–Crippen MR) is 127 cm³/mol. The van der Waals surface area contributed by atoms with Crippen LogP contribution in [0.15, 0.2) is 84.1 Å². The second-order valence-electron chi connectivity index (χ2n) is 7.91. The standard InChI is InChI=1S/C26H24N4O2/c1-16-9-4-5-12-20(16)28-25(31)23-17(2)27-26-29-21-13-6-7-14-22(21)30(26)24(23)18-10-8-11-19(15-18)32-3/h4-15,24H,1-3H3,(H,27,29)(H,28,31). The number of carbonyl (C=O) groups excluding carboxylic acids is 1. The van der Waals surface area contributed by atoms with Crippen LogP contribution in [0.25, 0.3) is 11.0 Å². The number of benzene rings is 3. The van der Waals surface area contributed by atoms with Crippen molar-refractivity contribution in [3.05, 3.63) is 95.2 Å². The number of hydrogen-bond acceptors (Lipinski definition) is 4. The van der Waals surface area contributed by atoms with Gasteiger partial charge in [0, 0.05) is 11.4 Å². The molecule has 1 unspecified atom stereocenters. The summed E-state index contributed by atoms with van der Waals surface area (Å²) >= 11 is 0. The van der Waals surface area contributed by atoms with Crippen LogP contribution in [0.3, 0.4) is 0 Å². The van der Waals surface area contributed by atoms with Crippen LogP contribution in [0.1, 0.15) is 24.1 Å². The number of nitrogens with one attached hydrogen (secondary N) is 2. The van der Waals surface area contributed by atoms with Gasteiger partial charge in [0.05, 0.1) is 29.8 Å². The van der Waals surface area contributed by atoms with Gasteiger partial charge in [-0.15, -0.1) is 0 Å². The van der Waals surface area contributed by atoms with E-state index in [-0.39, 0.29) is 11.9 Å². The van der Waals surface area contributed by atoms with E-state index in [2.05, 4.69) is 15.2 Å². The average molecular weight is 425 g/mol. The summed E-state index contributed by atoms with van der Waals surface area (Å²) in [5.74, 6) is 1.30. The molecule has 5 rings (SSSR count). The molecule has 0 radical (unpaired) electrons. The highest BCUT2D eigenvalue weighted by Gasteiger charge is 2.34. The third kappa shape index (κ3) is 3.30. The van der Waals surface area contributed by atoms with E-state index in [1.54, 1.807) is 7.11 Å². The van der Waals surface area contributed by atoms with Crippen molar-refractivity contribution < 1.29 is 9.53 Å². The van der Waals surface area contributed by atoms with E-state index in [0.29, 0.717) is 11.5 Å². The van der Waals surface area contributed by atoms with Crippen LogP contribution in [-0.2, 0) is 4.79 Å². The van der Waals surface area contributed by atoms with Crippen LogP contribution in [0, 0.1) is 6.92 Å².